The summed E-state index contributed by atoms with van der Waals surface area (Å²) in [6.45, 7) is 0. The smallest absolute Gasteiger partial charge is 0.180 e. The molecule has 0 saturated carbocycles. The molecule has 0 fully saturated rings. The normalized spacial score (nSPS) is 14.1. The van der Waals surface area contributed by atoms with Crippen LogP contribution >= 0.6 is 0 Å². The van der Waals surface area contributed by atoms with Gasteiger partial charge in [0.15, 0.2) is 28.9 Å². The molecule has 1 spiro atoms. The Morgan fingerprint density at radius 2 is 0.829 bits per heavy atom. The van der Waals surface area contributed by atoms with Crippen molar-refractivity contribution in [1.29, 1.82) is 0 Å². The second-order valence-electron chi connectivity index (χ2n) is 21.5. The zero-order valence-electron chi connectivity index (χ0n) is 43.9. The third kappa shape index (κ3) is 6.23. The summed E-state index contributed by atoms with van der Waals surface area (Å²) in [5.41, 5.74) is 20.6. The molecule has 6 heterocycles. The predicted octanol–water partition coefficient (Wildman–Crippen LogP) is 17.8. The van der Waals surface area contributed by atoms with Gasteiger partial charge in [0.2, 0.25) is 0 Å². The van der Waals surface area contributed by atoms with E-state index in [-0.39, 0.29) is 0 Å². The first-order valence-corrected chi connectivity index (χ1v) is 27.7. The van der Waals surface area contributed by atoms with E-state index in [0.29, 0.717) is 28.9 Å². The zero-order valence-corrected chi connectivity index (χ0v) is 43.9. The molecule has 0 radical (unpaired) electrons. The standard InChI is InChI=1S/C74H43N7O/c1-4-19-44(20-5-1)70-77-71(45-21-6-2-7-22-45)79-73(78-70)48-36-39-58-55(43-48)54-42-47(35-38-57(54)74(58)59-29-13-16-33-64(59)81-62-32-15-10-25-50(62)52-28-18-30-60(74)68(52)81)72-75-66(69-67(76-72)53-27-12-17-34-65(53)82-69)46-37-40-63-56(41-46)51-26-11-14-31-61(51)80(63)49-23-8-3-9-24-49/h1-43H. The van der Waals surface area contributed by atoms with Crippen LogP contribution < -0.4 is 0 Å². The molecule has 0 amide bonds. The van der Waals surface area contributed by atoms with Gasteiger partial charge in [-0.2, -0.15) is 0 Å². The summed E-state index contributed by atoms with van der Waals surface area (Å²) in [5.74, 6) is 2.42. The van der Waals surface area contributed by atoms with Crippen molar-refractivity contribution in [3.63, 3.8) is 0 Å². The molecule has 5 aromatic heterocycles. The van der Waals surface area contributed by atoms with E-state index < -0.39 is 5.41 Å². The largest absolute Gasteiger partial charge is 0.452 e. The molecule has 1 unspecified atom stereocenters. The maximum absolute atomic E-state index is 6.79. The lowest BCUT2D eigenvalue weighted by atomic mass is 9.65. The second kappa shape index (κ2) is 17.0. The van der Waals surface area contributed by atoms with E-state index in [4.69, 9.17) is 29.3 Å². The molecular formula is C74H43N7O. The number of hydrogen-bond acceptors (Lipinski definition) is 6. The molecule has 0 saturated heterocycles. The Morgan fingerprint density at radius 1 is 0.317 bits per heavy atom. The van der Waals surface area contributed by atoms with Gasteiger partial charge in [-0.3, -0.25) is 0 Å². The monoisotopic (exact) mass is 1050 g/mol. The number of hydrogen-bond donors (Lipinski definition) is 0. The van der Waals surface area contributed by atoms with E-state index in [1.165, 1.54) is 44.1 Å². The van der Waals surface area contributed by atoms with Crippen LogP contribution in [0.25, 0.3) is 145 Å². The Balaban J connectivity index is 0.897. The average Bonchev–Trinajstić information content (AvgIpc) is 1.54. The molecule has 18 rings (SSSR count). The quantitative estimate of drug-likeness (QED) is 0.165. The number of rotatable bonds is 6. The Morgan fingerprint density at radius 3 is 1.52 bits per heavy atom. The number of nitrogens with zero attached hydrogens (tertiary/aromatic N) is 7. The van der Waals surface area contributed by atoms with Crippen molar-refractivity contribution < 1.29 is 4.42 Å². The van der Waals surface area contributed by atoms with Gasteiger partial charge < -0.3 is 13.6 Å². The molecule has 1 aliphatic carbocycles. The second-order valence-corrected chi connectivity index (χ2v) is 21.5. The van der Waals surface area contributed by atoms with Crippen molar-refractivity contribution in [2.75, 3.05) is 0 Å². The maximum atomic E-state index is 6.79. The lowest BCUT2D eigenvalue weighted by Gasteiger charge is -2.39. The first-order valence-electron chi connectivity index (χ1n) is 27.7. The maximum Gasteiger partial charge on any atom is 0.180 e. The zero-order chi connectivity index (χ0) is 53.6. The molecule has 1 atom stereocenters. The first-order chi connectivity index (χ1) is 40.7. The van der Waals surface area contributed by atoms with Gasteiger partial charge in [-0.05, 0) is 100 Å². The highest BCUT2D eigenvalue weighted by atomic mass is 16.3. The van der Waals surface area contributed by atoms with E-state index >= 15 is 0 Å². The van der Waals surface area contributed by atoms with E-state index in [1.807, 2.05) is 54.6 Å². The third-order valence-electron chi connectivity index (χ3n) is 17.2. The summed E-state index contributed by atoms with van der Waals surface area (Å²) >= 11 is 0. The Bertz CT molecular complexity index is 5290. The SMILES string of the molecule is c1ccc(-c2nc(-c3ccccc3)nc(-c3ccc4c(c3)-c3cc(-c5nc(-c6ccc7c(c6)c6ccccc6n7-c6ccccc6)c6oc7ccccc7c6n5)ccc3C43c4ccccc4-n4c5ccccc5c5cccc3c54)n2)cc1. The lowest BCUT2D eigenvalue weighted by Crippen LogP contribution is -2.33. The van der Waals surface area contributed by atoms with Gasteiger partial charge in [-0.15, -0.1) is 0 Å². The molecule has 0 bridgehead atoms. The van der Waals surface area contributed by atoms with Gasteiger partial charge in [0.05, 0.1) is 33.2 Å². The van der Waals surface area contributed by atoms with Crippen molar-refractivity contribution in [2.24, 2.45) is 0 Å². The molecular weight excluding hydrogens is 1000 g/mol. The van der Waals surface area contributed by atoms with Crippen molar-refractivity contribution in [3.8, 4) is 79.3 Å². The molecule has 380 valence electrons. The molecule has 1 aliphatic heterocycles. The fourth-order valence-electron chi connectivity index (χ4n) is 13.7. The fraction of sp³-hybridized carbons (Fsp3) is 0.0135. The van der Waals surface area contributed by atoms with Gasteiger partial charge in [-0.1, -0.05) is 194 Å². The predicted molar refractivity (Wildman–Crippen MR) is 329 cm³/mol. The summed E-state index contributed by atoms with van der Waals surface area (Å²) in [7, 11) is 0. The van der Waals surface area contributed by atoms with Gasteiger partial charge in [0, 0.05) is 60.4 Å². The van der Waals surface area contributed by atoms with Gasteiger partial charge in [-0.25, -0.2) is 24.9 Å². The van der Waals surface area contributed by atoms with E-state index in [9.17, 15) is 0 Å². The van der Waals surface area contributed by atoms with Crippen LogP contribution in [0.4, 0.5) is 0 Å². The van der Waals surface area contributed by atoms with Crippen LogP contribution in [0.3, 0.4) is 0 Å². The topological polar surface area (TPSA) is 87.5 Å². The van der Waals surface area contributed by atoms with Gasteiger partial charge in [0.25, 0.3) is 0 Å². The highest BCUT2D eigenvalue weighted by Crippen LogP contribution is 2.62. The summed E-state index contributed by atoms with van der Waals surface area (Å²) < 4.78 is 11.6. The molecule has 11 aromatic carbocycles. The number of furan rings is 1. The van der Waals surface area contributed by atoms with Crippen LogP contribution in [0.1, 0.15) is 22.3 Å². The Labute approximate surface area is 469 Å². The summed E-state index contributed by atoms with van der Waals surface area (Å²) in [6.07, 6.45) is 0. The molecule has 0 N–H and O–H groups in total. The van der Waals surface area contributed by atoms with E-state index in [2.05, 4.69) is 215 Å². The van der Waals surface area contributed by atoms with Crippen molar-refractivity contribution in [2.45, 2.75) is 5.41 Å². The lowest BCUT2D eigenvalue weighted by molar-refractivity contribution is 0.667. The number of fused-ring (bicyclic) bond motifs is 18. The summed E-state index contributed by atoms with van der Waals surface area (Å²) in [5, 5.41) is 5.67. The molecule has 8 heteroatoms. The van der Waals surface area contributed by atoms with Gasteiger partial charge >= 0.3 is 0 Å². The van der Waals surface area contributed by atoms with Gasteiger partial charge in [0.1, 0.15) is 16.8 Å². The molecule has 82 heavy (non-hydrogen) atoms. The third-order valence-corrected chi connectivity index (χ3v) is 17.2. The number of para-hydroxylation sites is 6. The van der Waals surface area contributed by atoms with Crippen LogP contribution in [0.15, 0.2) is 265 Å². The van der Waals surface area contributed by atoms with E-state index in [1.54, 1.807) is 0 Å². The van der Waals surface area contributed by atoms with Crippen molar-refractivity contribution >= 4 is 65.7 Å². The first kappa shape index (κ1) is 44.8. The van der Waals surface area contributed by atoms with Crippen molar-refractivity contribution in [3.05, 3.63) is 283 Å². The highest BCUT2D eigenvalue weighted by Gasteiger charge is 2.51. The van der Waals surface area contributed by atoms with Crippen molar-refractivity contribution in [1.82, 2.24) is 34.1 Å². The molecule has 2 aliphatic rings. The average molecular weight is 1050 g/mol. The van der Waals surface area contributed by atoms with E-state index in [0.717, 1.165) is 94.3 Å². The minimum atomic E-state index is -0.712. The summed E-state index contributed by atoms with van der Waals surface area (Å²) in [4.78, 5) is 26.7. The van der Waals surface area contributed by atoms with Crippen LogP contribution in [0, 0.1) is 0 Å². The molecule has 8 nitrogen and oxygen atoms in total. The van der Waals surface area contributed by atoms with Crippen LogP contribution in [0.5, 0.6) is 0 Å². The number of benzene rings is 11. The summed E-state index contributed by atoms with van der Waals surface area (Å²) in [6, 6.07) is 92.8. The Hall–Kier alpha value is -11.1. The fourth-order valence-corrected chi connectivity index (χ4v) is 13.7. The highest BCUT2D eigenvalue weighted by molar-refractivity contribution is 6.14. The molecule has 16 aromatic rings. The minimum Gasteiger partial charge on any atom is -0.452 e. The van der Waals surface area contributed by atoms with Crippen LogP contribution in [0.2, 0.25) is 0 Å². The number of aromatic nitrogens is 7. The van der Waals surface area contributed by atoms with Crippen LogP contribution in [-0.4, -0.2) is 34.1 Å². The minimum absolute atomic E-state index is 0.592. The van der Waals surface area contributed by atoms with Crippen LogP contribution in [-0.2, 0) is 5.41 Å². The Kier molecular flexibility index (Phi) is 9.27.